The number of phenolic OH excluding ortho intramolecular Hbond substituents is 1. The third-order valence-electron chi connectivity index (χ3n) is 5.60. The predicted octanol–water partition coefficient (Wildman–Crippen LogP) is 5.09. The Balaban J connectivity index is 1.83. The van der Waals surface area contributed by atoms with Crippen molar-refractivity contribution in [2.75, 3.05) is 23.7 Å². The van der Waals surface area contributed by atoms with E-state index in [2.05, 4.69) is 14.4 Å². The van der Waals surface area contributed by atoms with Crippen LogP contribution in [-0.4, -0.2) is 35.6 Å². The van der Waals surface area contributed by atoms with E-state index in [0.717, 1.165) is 13.2 Å². The maximum absolute atomic E-state index is 13.6. The number of hydrogen-bond acceptors (Lipinski definition) is 9. The highest BCUT2D eigenvalue weighted by atomic mass is 32.2. The first-order valence-corrected chi connectivity index (χ1v) is 13.9. The molecule has 0 saturated carbocycles. The van der Waals surface area contributed by atoms with Gasteiger partial charge in [0.2, 0.25) is 0 Å². The van der Waals surface area contributed by atoms with Crippen LogP contribution in [0.15, 0.2) is 98.9 Å². The molecule has 0 aliphatic carbocycles. The number of benzene rings is 4. The summed E-state index contributed by atoms with van der Waals surface area (Å²) in [6, 6.07) is 20.2. The van der Waals surface area contributed by atoms with Gasteiger partial charge in [-0.05, 0) is 48.7 Å². The number of rotatable bonds is 8. The largest absolute Gasteiger partial charge is 0.507 e. The Hall–Kier alpha value is -4.00. The van der Waals surface area contributed by atoms with Crippen molar-refractivity contribution in [3.05, 3.63) is 78.9 Å². The summed E-state index contributed by atoms with van der Waals surface area (Å²) in [7, 11) is -7.05. The first kappa shape index (κ1) is 26.1. The average Bonchev–Trinajstić information content (AvgIpc) is 2.89. The Kier molecular flexibility index (Phi) is 7.16. The minimum atomic E-state index is -4.06. The number of aromatic hydroxyl groups is 1. The zero-order chi connectivity index (χ0) is 26.8. The van der Waals surface area contributed by atoms with Crippen molar-refractivity contribution in [3.8, 4) is 5.75 Å². The molecule has 0 spiro atoms. The van der Waals surface area contributed by atoms with Crippen LogP contribution >= 0.6 is 0 Å². The Morgan fingerprint density at radius 2 is 1.59 bits per heavy atom. The van der Waals surface area contributed by atoms with Crippen LogP contribution in [0.25, 0.3) is 10.8 Å². The molecule has 10 nitrogen and oxygen atoms in total. The van der Waals surface area contributed by atoms with E-state index in [9.17, 15) is 21.9 Å². The first-order valence-electron chi connectivity index (χ1n) is 11.0. The van der Waals surface area contributed by atoms with E-state index in [-0.39, 0.29) is 38.8 Å². The highest BCUT2D eigenvalue weighted by Gasteiger charge is 2.26. The summed E-state index contributed by atoms with van der Waals surface area (Å²) in [5, 5.41) is 19.5. The van der Waals surface area contributed by atoms with Crippen molar-refractivity contribution < 1.29 is 26.1 Å². The van der Waals surface area contributed by atoms with Gasteiger partial charge < -0.3 is 10.8 Å². The van der Waals surface area contributed by atoms with Gasteiger partial charge in [0.05, 0.1) is 28.8 Å². The summed E-state index contributed by atoms with van der Waals surface area (Å²) in [5.74, 6) is -0.406. The van der Waals surface area contributed by atoms with Crippen molar-refractivity contribution in [2.24, 2.45) is 10.2 Å². The summed E-state index contributed by atoms with van der Waals surface area (Å²) < 4.78 is 57.2. The zero-order valence-electron chi connectivity index (χ0n) is 19.9. The van der Waals surface area contributed by atoms with E-state index in [0.29, 0.717) is 11.1 Å². The molecule has 0 aliphatic rings. The van der Waals surface area contributed by atoms with Gasteiger partial charge >= 0.3 is 0 Å². The fourth-order valence-corrected chi connectivity index (χ4v) is 6.15. The third-order valence-corrected chi connectivity index (χ3v) is 8.81. The van der Waals surface area contributed by atoms with Gasteiger partial charge in [-0.15, -0.1) is 10.2 Å². The monoisotopic (exact) mass is 540 g/mol. The standard InChI is InChI=1S/C25H24N4O6S2/c1-3-29(18-9-5-4-6-10-18)36(31,32)23-12-8-7-11-21(23)27-28-25-20(26)14-13-17-15-19(37(33,34)35-2)16-22(30)24(17)25/h4-16,30H,3,26H2,1-2H3. The van der Waals surface area contributed by atoms with Crippen LogP contribution in [0, 0.1) is 0 Å². The second-order valence-corrected chi connectivity index (χ2v) is 11.4. The molecular weight excluding hydrogens is 516 g/mol. The molecule has 3 N–H and O–H groups in total. The van der Waals surface area contributed by atoms with Crippen LogP contribution in [0.4, 0.5) is 22.7 Å². The van der Waals surface area contributed by atoms with E-state index >= 15 is 0 Å². The first-order chi connectivity index (χ1) is 17.6. The van der Waals surface area contributed by atoms with Gasteiger partial charge in [0.15, 0.2) is 0 Å². The van der Waals surface area contributed by atoms with E-state index in [1.165, 1.54) is 34.6 Å². The van der Waals surface area contributed by atoms with E-state index in [4.69, 9.17) is 5.73 Å². The smallest absolute Gasteiger partial charge is 0.296 e. The number of nitrogens with two attached hydrogens (primary N) is 1. The number of nitrogen functional groups attached to an aromatic ring is 1. The van der Waals surface area contributed by atoms with Gasteiger partial charge in [0.1, 0.15) is 22.0 Å². The number of sulfonamides is 1. The molecule has 0 fully saturated rings. The van der Waals surface area contributed by atoms with Crippen LogP contribution < -0.4 is 10.0 Å². The van der Waals surface area contributed by atoms with Gasteiger partial charge in [-0.3, -0.25) is 8.49 Å². The molecule has 4 aromatic rings. The third kappa shape index (κ3) is 4.99. The second-order valence-electron chi connectivity index (χ2n) is 7.84. The van der Waals surface area contributed by atoms with Crippen molar-refractivity contribution in [1.29, 1.82) is 0 Å². The van der Waals surface area contributed by atoms with Crippen molar-refractivity contribution >= 4 is 53.7 Å². The molecule has 0 aromatic heterocycles. The van der Waals surface area contributed by atoms with Gasteiger partial charge in [-0.25, -0.2) is 8.42 Å². The minimum Gasteiger partial charge on any atom is -0.507 e. The SMILES string of the molecule is CCN(c1ccccc1)S(=O)(=O)c1ccccc1N=Nc1c(N)ccc2cc(S(=O)(=O)OC)cc(O)c12. The molecule has 0 amide bonds. The van der Waals surface area contributed by atoms with Gasteiger partial charge in [0, 0.05) is 12.6 Å². The number of para-hydroxylation sites is 1. The second kappa shape index (κ2) is 10.2. The predicted molar refractivity (Wildman–Crippen MR) is 141 cm³/mol. The number of fused-ring (bicyclic) bond motifs is 1. The van der Waals surface area contributed by atoms with Crippen LogP contribution in [-0.2, 0) is 24.3 Å². The van der Waals surface area contributed by atoms with E-state index < -0.39 is 25.9 Å². The Labute approximate surface area is 214 Å². The summed E-state index contributed by atoms with van der Waals surface area (Å²) in [6.45, 7) is 1.92. The normalized spacial score (nSPS) is 12.3. The zero-order valence-corrected chi connectivity index (χ0v) is 21.6. The number of phenols is 1. The molecule has 37 heavy (non-hydrogen) atoms. The lowest BCUT2D eigenvalue weighted by molar-refractivity contribution is 0.397. The maximum atomic E-state index is 13.6. The van der Waals surface area contributed by atoms with Crippen LogP contribution in [0.5, 0.6) is 5.75 Å². The topological polar surface area (TPSA) is 152 Å². The van der Waals surface area contributed by atoms with Gasteiger partial charge in [0.25, 0.3) is 20.1 Å². The molecule has 0 radical (unpaired) electrons. The highest BCUT2D eigenvalue weighted by molar-refractivity contribution is 7.93. The van der Waals surface area contributed by atoms with Crippen LogP contribution in [0.2, 0.25) is 0 Å². The molecule has 0 heterocycles. The molecule has 12 heteroatoms. The molecule has 0 bridgehead atoms. The number of anilines is 2. The summed E-state index contributed by atoms with van der Waals surface area (Å²) in [4.78, 5) is -0.314. The van der Waals surface area contributed by atoms with Crippen LogP contribution in [0.3, 0.4) is 0 Å². The Bertz CT molecular complexity index is 1710. The molecule has 4 rings (SSSR count). The minimum absolute atomic E-state index is 0.0546. The van der Waals surface area contributed by atoms with Crippen molar-refractivity contribution in [3.63, 3.8) is 0 Å². The number of nitrogens with zero attached hydrogens (tertiary/aromatic N) is 3. The molecule has 0 unspecified atom stereocenters. The van der Waals surface area contributed by atoms with Crippen LogP contribution in [0.1, 0.15) is 6.92 Å². The van der Waals surface area contributed by atoms with Crippen molar-refractivity contribution in [2.45, 2.75) is 16.7 Å². The van der Waals surface area contributed by atoms with Gasteiger partial charge in [-0.1, -0.05) is 36.4 Å². The highest BCUT2D eigenvalue weighted by Crippen LogP contribution is 2.41. The van der Waals surface area contributed by atoms with Gasteiger partial charge in [-0.2, -0.15) is 8.42 Å². The fraction of sp³-hybridized carbons (Fsp3) is 0.120. The lowest BCUT2D eigenvalue weighted by atomic mass is 10.1. The fourth-order valence-electron chi connectivity index (χ4n) is 3.83. The summed E-state index contributed by atoms with van der Waals surface area (Å²) in [5.41, 5.74) is 6.87. The lowest BCUT2D eigenvalue weighted by Gasteiger charge is -2.23. The quantitative estimate of drug-likeness (QED) is 0.179. The molecule has 4 aromatic carbocycles. The Morgan fingerprint density at radius 3 is 2.27 bits per heavy atom. The molecule has 0 aliphatic heterocycles. The average molecular weight is 541 g/mol. The Morgan fingerprint density at radius 1 is 0.919 bits per heavy atom. The van der Waals surface area contributed by atoms with E-state index in [1.807, 2.05) is 0 Å². The summed E-state index contributed by atoms with van der Waals surface area (Å²) in [6.07, 6.45) is 0. The number of hydrogen-bond donors (Lipinski definition) is 2. The molecule has 0 atom stereocenters. The molecule has 0 saturated heterocycles. The van der Waals surface area contributed by atoms with E-state index in [1.54, 1.807) is 49.4 Å². The molecule has 192 valence electrons. The van der Waals surface area contributed by atoms with Crippen molar-refractivity contribution in [1.82, 2.24) is 0 Å². The number of azo groups is 1. The molecular formula is C25H24N4O6S2. The summed E-state index contributed by atoms with van der Waals surface area (Å²) >= 11 is 0. The maximum Gasteiger partial charge on any atom is 0.296 e. The lowest BCUT2D eigenvalue weighted by Crippen LogP contribution is -2.30.